The second-order valence-corrected chi connectivity index (χ2v) is 6.88. The van der Waals surface area contributed by atoms with Crippen LogP contribution in [0.5, 0.6) is 0 Å². The number of ether oxygens (including phenoxy) is 1. The molecule has 1 N–H and O–H groups in total. The Labute approximate surface area is 153 Å². The van der Waals surface area contributed by atoms with Crippen molar-refractivity contribution in [3.05, 3.63) is 56.6 Å². The van der Waals surface area contributed by atoms with Crippen molar-refractivity contribution in [2.45, 2.75) is 0 Å². The highest BCUT2D eigenvalue weighted by Crippen LogP contribution is 2.29. The lowest BCUT2D eigenvalue weighted by molar-refractivity contribution is 0.102. The number of halogens is 2. The first-order valence-corrected chi connectivity index (χ1v) is 8.78. The van der Waals surface area contributed by atoms with E-state index in [1.165, 1.54) is 0 Å². The third-order valence-corrected chi connectivity index (χ3v) is 4.62. The summed E-state index contributed by atoms with van der Waals surface area (Å²) >= 11 is 8.57. The van der Waals surface area contributed by atoms with Gasteiger partial charge in [-0.3, -0.25) is 4.79 Å². The average Bonchev–Trinajstić information content (AvgIpc) is 2.56. The summed E-state index contributed by atoms with van der Waals surface area (Å²) in [5, 5.41) is 3.52. The highest BCUT2D eigenvalue weighted by Gasteiger charge is 2.15. The largest absolute Gasteiger partial charge is 0.378 e. The van der Waals surface area contributed by atoms with E-state index in [-0.39, 0.29) is 5.91 Å². The van der Waals surface area contributed by atoms with E-state index >= 15 is 0 Å². The van der Waals surface area contributed by atoms with Gasteiger partial charge in [-0.25, -0.2) is 0 Å². The zero-order chi connectivity index (χ0) is 16.2. The van der Waals surface area contributed by atoms with Crippen LogP contribution in [0.3, 0.4) is 0 Å². The van der Waals surface area contributed by atoms with Crippen molar-refractivity contribution in [2.24, 2.45) is 0 Å². The first-order chi connectivity index (χ1) is 11.1. The molecular formula is C17H16ClIN2O2. The van der Waals surface area contributed by atoms with E-state index in [0.29, 0.717) is 29.5 Å². The van der Waals surface area contributed by atoms with Gasteiger partial charge in [0.15, 0.2) is 0 Å². The molecule has 1 aliphatic rings. The molecule has 0 aliphatic carbocycles. The summed E-state index contributed by atoms with van der Waals surface area (Å²) in [5.74, 6) is -0.140. The molecule has 2 aromatic rings. The van der Waals surface area contributed by atoms with E-state index in [1.807, 2.05) is 30.3 Å². The molecule has 6 heteroatoms. The normalized spacial score (nSPS) is 14.6. The monoisotopic (exact) mass is 442 g/mol. The maximum Gasteiger partial charge on any atom is 0.255 e. The molecule has 2 aromatic carbocycles. The lowest BCUT2D eigenvalue weighted by atomic mass is 10.2. The number of hydrogen-bond acceptors (Lipinski definition) is 3. The van der Waals surface area contributed by atoms with Crippen molar-refractivity contribution in [1.29, 1.82) is 0 Å². The first kappa shape index (κ1) is 16.5. The summed E-state index contributed by atoms with van der Waals surface area (Å²) in [6, 6.07) is 13.1. The van der Waals surface area contributed by atoms with Crippen LogP contribution < -0.4 is 10.2 Å². The standard InChI is InChI=1S/C17H16ClIN2O2/c18-15-11-14(4-5-16(15)21-6-8-23-9-7-21)20-17(22)12-2-1-3-13(19)10-12/h1-5,10-11H,6-9H2,(H,20,22). The van der Waals surface area contributed by atoms with Crippen molar-refractivity contribution in [3.63, 3.8) is 0 Å². The van der Waals surface area contributed by atoms with Gasteiger partial charge in [0.05, 0.1) is 23.9 Å². The third-order valence-electron chi connectivity index (χ3n) is 3.64. The number of nitrogens with one attached hydrogen (secondary N) is 1. The molecule has 3 rings (SSSR count). The third kappa shape index (κ3) is 4.16. The Hall–Kier alpha value is -1.31. The molecule has 1 saturated heterocycles. The van der Waals surface area contributed by atoms with Crippen molar-refractivity contribution in [1.82, 2.24) is 0 Å². The summed E-state index contributed by atoms with van der Waals surface area (Å²) in [7, 11) is 0. The second-order valence-electron chi connectivity index (χ2n) is 5.23. The maximum atomic E-state index is 12.3. The van der Waals surface area contributed by atoms with Gasteiger partial charge in [0.25, 0.3) is 5.91 Å². The summed E-state index contributed by atoms with van der Waals surface area (Å²) in [5.41, 5.74) is 2.29. The number of nitrogens with zero attached hydrogens (tertiary/aromatic N) is 1. The summed E-state index contributed by atoms with van der Waals surface area (Å²) in [6.07, 6.45) is 0. The smallest absolute Gasteiger partial charge is 0.255 e. The lowest BCUT2D eigenvalue weighted by Crippen LogP contribution is -2.36. The molecule has 0 atom stereocenters. The lowest BCUT2D eigenvalue weighted by Gasteiger charge is -2.29. The number of carbonyl (C=O) groups excluding carboxylic acids is 1. The van der Waals surface area contributed by atoms with E-state index in [0.717, 1.165) is 22.3 Å². The first-order valence-electron chi connectivity index (χ1n) is 7.32. The van der Waals surface area contributed by atoms with Gasteiger partial charge in [-0.05, 0) is 59.0 Å². The van der Waals surface area contributed by atoms with Gasteiger partial charge in [0.2, 0.25) is 0 Å². The fourth-order valence-corrected chi connectivity index (χ4v) is 3.32. The van der Waals surface area contributed by atoms with Crippen LogP contribution in [0.4, 0.5) is 11.4 Å². The molecule has 1 heterocycles. The molecule has 4 nitrogen and oxygen atoms in total. The van der Waals surface area contributed by atoms with Crippen LogP contribution in [-0.2, 0) is 4.74 Å². The molecule has 1 amide bonds. The second kappa shape index (κ2) is 7.51. The molecular weight excluding hydrogens is 427 g/mol. The zero-order valence-electron chi connectivity index (χ0n) is 12.4. The Kier molecular flexibility index (Phi) is 5.40. The highest BCUT2D eigenvalue weighted by molar-refractivity contribution is 14.1. The number of morpholine rings is 1. The number of amides is 1. The molecule has 23 heavy (non-hydrogen) atoms. The van der Waals surface area contributed by atoms with E-state index < -0.39 is 0 Å². The number of carbonyl (C=O) groups is 1. The summed E-state index contributed by atoms with van der Waals surface area (Å²) in [6.45, 7) is 3.07. The van der Waals surface area contributed by atoms with Gasteiger partial charge in [-0.15, -0.1) is 0 Å². The number of hydrogen-bond donors (Lipinski definition) is 1. The van der Waals surface area contributed by atoms with Crippen molar-refractivity contribution < 1.29 is 9.53 Å². The van der Waals surface area contributed by atoms with Crippen LogP contribution in [0.15, 0.2) is 42.5 Å². The highest BCUT2D eigenvalue weighted by atomic mass is 127. The van der Waals surface area contributed by atoms with Crippen LogP contribution in [0.1, 0.15) is 10.4 Å². The van der Waals surface area contributed by atoms with E-state index in [9.17, 15) is 4.79 Å². The fraction of sp³-hybridized carbons (Fsp3) is 0.235. The molecule has 0 spiro atoms. The molecule has 0 bridgehead atoms. The van der Waals surface area contributed by atoms with Crippen LogP contribution in [0.2, 0.25) is 5.02 Å². The van der Waals surface area contributed by atoms with E-state index in [2.05, 4.69) is 32.8 Å². The minimum atomic E-state index is -0.140. The van der Waals surface area contributed by atoms with Gasteiger partial charge in [-0.2, -0.15) is 0 Å². The van der Waals surface area contributed by atoms with Gasteiger partial charge >= 0.3 is 0 Å². The minimum Gasteiger partial charge on any atom is -0.378 e. The minimum absolute atomic E-state index is 0.140. The Balaban J connectivity index is 1.73. The quantitative estimate of drug-likeness (QED) is 0.730. The fourth-order valence-electron chi connectivity index (χ4n) is 2.48. The number of rotatable bonds is 3. The SMILES string of the molecule is O=C(Nc1ccc(N2CCOCC2)c(Cl)c1)c1cccc(I)c1. The molecule has 0 saturated carbocycles. The maximum absolute atomic E-state index is 12.3. The van der Waals surface area contributed by atoms with E-state index in [1.54, 1.807) is 12.1 Å². The average molecular weight is 443 g/mol. The Morgan fingerprint density at radius 1 is 1.17 bits per heavy atom. The van der Waals surface area contributed by atoms with Crippen LogP contribution in [-0.4, -0.2) is 32.2 Å². The van der Waals surface area contributed by atoms with Crippen molar-refractivity contribution in [2.75, 3.05) is 36.5 Å². The molecule has 120 valence electrons. The van der Waals surface area contributed by atoms with Crippen molar-refractivity contribution >= 4 is 51.5 Å². The molecule has 0 aromatic heterocycles. The molecule has 1 fully saturated rings. The molecule has 1 aliphatic heterocycles. The van der Waals surface area contributed by atoms with Crippen LogP contribution >= 0.6 is 34.2 Å². The summed E-state index contributed by atoms with van der Waals surface area (Å²) < 4.78 is 6.38. The summed E-state index contributed by atoms with van der Waals surface area (Å²) in [4.78, 5) is 14.5. The van der Waals surface area contributed by atoms with E-state index in [4.69, 9.17) is 16.3 Å². The van der Waals surface area contributed by atoms with Gasteiger partial charge in [-0.1, -0.05) is 17.7 Å². The predicted octanol–water partition coefficient (Wildman–Crippen LogP) is 4.03. The Morgan fingerprint density at radius 2 is 1.96 bits per heavy atom. The molecule has 0 radical (unpaired) electrons. The van der Waals surface area contributed by atoms with Gasteiger partial charge in [0, 0.05) is 27.9 Å². The van der Waals surface area contributed by atoms with Crippen molar-refractivity contribution in [3.8, 4) is 0 Å². The zero-order valence-corrected chi connectivity index (χ0v) is 15.3. The van der Waals surface area contributed by atoms with Gasteiger partial charge in [0.1, 0.15) is 0 Å². The van der Waals surface area contributed by atoms with Gasteiger partial charge < -0.3 is 15.0 Å². The number of anilines is 2. The Bertz CT molecular complexity index is 717. The topological polar surface area (TPSA) is 41.6 Å². The number of benzene rings is 2. The van der Waals surface area contributed by atoms with Crippen LogP contribution in [0, 0.1) is 3.57 Å². The van der Waals surface area contributed by atoms with Crippen LogP contribution in [0.25, 0.3) is 0 Å². The molecule has 0 unspecified atom stereocenters. The predicted molar refractivity (Wildman–Crippen MR) is 102 cm³/mol. The Morgan fingerprint density at radius 3 is 2.65 bits per heavy atom.